The van der Waals surface area contributed by atoms with Crippen molar-refractivity contribution in [3.05, 3.63) is 18.2 Å². The van der Waals surface area contributed by atoms with Crippen LogP contribution in [-0.2, 0) is 10.0 Å². The molecular weight excluding hydrogens is 262 g/mol. The molecule has 0 bridgehead atoms. The highest BCUT2D eigenvalue weighted by molar-refractivity contribution is 7.89. The Bertz CT molecular complexity index is 551. The fraction of sp³-hybridized carbons (Fsp3) is 0.538. The number of benzene rings is 1. The maximum atomic E-state index is 12.1. The van der Waals surface area contributed by atoms with E-state index in [2.05, 4.69) is 12.2 Å². The van der Waals surface area contributed by atoms with Gasteiger partial charge in [0, 0.05) is 19.6 Å². The van der Waals surface area contributed by atoms with Crippen molar-refractivity contribution >= 4 is 21.4 Å². The second kappa shape index (κ2) is 5.38. The third-order valence-corrected chi connectivity index (χ3v) is 4.97. The second-order valence-electron chi connectivity index (χ2n) is 5.40. The minimum atomic E-state index is -3.44. The topological polar surface area (TPSA) is 75.4 Å². The van der Waals surface area contributed by atoms with Gasteiger partial charge in [0.1, 0.15) is 0 Å². The predicted octanol–water partition coefficient (Wildman–Crippen LogP) is 2.12. The number of nitrogen functional groups attached to an aromatic ring is 1. The molecule has 0 saturated heterocycles. The van der Waals surface area contributed by atoms with Crippen molar-refractivity contribution in [2.45, 2.75) is 37.6 Å². The SMILES string of the molecule is CCC(C)(C)Nc1cc(S(=O)(=O)N(C)C)ccc1N. The molecule has 0 saturated carbocycles. The largest absolute Gasteiger partial charge is 0.397 e. The molecule has 1 aromatic carbocycles. The zero-order chi connectivity index (χ0) is 14.8. The van der Waals surface area contributed by atoms with Crippen molar-refractivity contribution in [1.29, 1.82) is 0 Å². The Hall–Kier alpha value is -1.27. The monoisotopic (exact) mass is 285 g/mol. The molecule has 0 unspecified atom stereocenters. The molecule has 0 radical (unpaired) electrons. The van der Waals surface area contributed by atoms with Crippen LogP contribution in [-0.4, -0.2) is 32.4 Å². The maximum absolute atomic E-state index is 12.1. The number of nitrogens with two attached hydrogens (primary N) is 1. The normalized spacial score (nSPS) is 12.7. The van der Waals surface area contributed by atoms with Crippen molar-refractivity contribution in [3.8, 4) is 0 Å². The first kappa shape index (κ1) is 15.8. The van der Waals surface area contributed by atoms with Gasteiger partial charge >= 0.3 is 0 Å². The molecule has 108 valence electrons. The smallest absolute Gasteiger partial charge is 0.242 e. The summed E-state index contributed by atoms with van der Waals surface area (Å²) in [7, 11) is -0.423. The quantitative estimate of drug-likeness (QED) is 0.813. The molecule has 0 fully saturated rings. The highest BCUT2D eigenvalue weighted by Crippen LogP contribution is 2.27. The van der Waals surface area contributed by atoms with Crippen molar-refractivity contribution < 1.29 is 8.42 Å². The van der Waals surface area contributed by atoms with Gasteiger partial charge in [-0.2, -0.15) is 0 Å². The molecule has 0 aliphatic heterocycles. The van der Waals surface area contributed by atoms with E-state index in [0.717, 1.165) is 6.42 Å². The van der Waals surface area contributed by atoms with E-state index in [9.17, 15) is 8.42 Å². The van der Waals surface area contributed by atoms with Gasteiger partial charge in [0.25, 0.3) is 0 Å². The number of rotatable bonds is 5. The Kier molecular flexibility index (Phi) is 4.47. The van der Waals surface area contributed by atoms with Crippen LogP contribution in [0.2, 0.25) is 0 Å². The molecule has 6 heteroatoms. The summed E-state index contributed by atoms with van der Waals surface area (Å²) in [6.45, 7) is 6.14. The van der Waals surface area contributed by atoms with Gasteiger partial charge in [0.05, 0.1) is 16.3 Å². The lowest BCUT2D eigenvalue weighted by molar-refractivity contribution is 0.520. The first-order chi connectivity index (χ1) is 8.60. The molecule has 0 atom stereocenters. The molecule has 0 amide bonds. The van der Waals surface area contributed by atoms with Crippen LogP contribution in [0.25, 0.3) is 0 Å². The van der Waals surface area contributed by atoms with Gasteiger partial charge in [-0.15, -0.1) is 0 Å². The van der Waals surface area contributed by atoms with Crippen molar-refractivity contribution in [2.75, 3.05) is 25.1 Å². The van der Waals surface area contributed by atoms with Crippen molar-refractivity contribution in [1.82, 2.24) is 4.31 Å². The predicted molar refractivity (Wildman–Crippen MR) is 79.7 cm³/mol. The highest BCUT2D eigenvalue weighted by atomic mass is 32.2. The van der Waals surface area contributed by atoms with Crippen LogP contribution in [0.4, 0.5) is 11.4 Å². The summed E-state index contributed by atoms with van der Waals surface area (Å²) in [5.41, 5.74) is 6.94. The molecule has 0 aliphatic carbocycles. The van der Waals surface area contributed by atoms with Gasteiger partial charge in [-0.05, 0) is 38.5 Å². The molecular formula is C13H23N3O2S. The van der Waals surface area contributed by atoms with Crippen molar-refractivity contribution in [2.24, 2.45) is 0 Å². The van der Waals surface area contributed by atoms with Gasteiger partial charge in [0.15, 0.2) is 0 Å². The van der Waals surface area contributed by atoms with Crippen LogP contribution in [0.1, 0.15) is 27.2 Å². The molecule has 3 N–H and O–H groups in total. The number of anilines is 2. The molecule has 19 heavy (non-hydrogen) atoms. The molecule has 5 nitrogen and oxygen atoms in total. The molecule has 0 spiro atoms. The highest BCUT2D eigenvalue weighted by Gasteiger charge is 2.20. The Morgan fingerprint density at radius 3 is 2.37 bits per heavy atom. The fourth-order valence-corrected chi connectivity index (χ4v) is 2.40. The number of nitrogens with one attached hydrogen (secondary N) is 1. The van der Waals surface area contributed by atoms with Gasteiger partial charge in [-0.25, -0.2) is 12.7 Å². The van der Waals surface area contributed by atoms with E-state index in [0.29, 0.717) is 11.4 Å². The van der Waals surface area contributed by atoms with Gasteiger partial charge in [-0.3, -0.25) is 0 Å². The summed E-state index contributed by atoms with van der Waals surface area (Å²) >= 11 is 0. The lowest BCUT2D eigenvalue weighted by atomic mass is 10.0. The number of sulfonamides is 1. The average molecular weight is 285 g/mol. The van der Waals surface area contributed by atoms with Crippen LogP contribution in [0.15, 0.2) is 23.1 Å². The Morgan fingerprint density at radius 1 is 1.32 bits per heavy atom. The Labute approximate surface area is 115 Å². The number of nitrogens with zero attached hydrogens (tertiary/aromatic N) is 1. The lowest BCUT2D eigenvalue weighted by Crippen LogP contribution is -2.30. The summed E-state index contributed by atoms with van der Waals surface area (Å²) in [6.07, 6.45) is 0.900. The number of hydrogen-bond donors (Lipinski definition) is 2. The molecule has 1 rings (SSSR count). The lowest BCUT2D eigenvalue weighted by Gasteiger charge is -2.27. The fourth-order valence-electron chi connectivity index (χ4n) is 1.47. The maximum Gasteiger partial charge on any atom is 0.242 e. The van der Waals surface area contributed by atoms with Gasteiger partial charge in [0.2, 0.25) is 10.0 Å². The number of hydrogen-bond acceptors (Lipinski definition) is 4. The van der Waals surface area contributed by atoms with E-state index in [1.807, 2.05) is 13.8 Å². The molecule has 0 heterocycles. The zero-order valence-corrected chi connectivity index (χ0v) is 13.0. The molecule has 0 aliphatic rings. The van der Waals surface area contributed by atoms with Crippen molar-refractivity contribution in [3.63, 3.8) is 0 Å². The molecule has 0 aromatic heterocycles. The average Bonchev–Trinajstić information content (AvgIpc) is 2.31. The first-order valence-electron chi connectivity index (χ1n) is 6.20. The van der Waals surface area contributed by atoms with E-state index in [1.165, 1.54) is 24.5 Å². The van der Waals surface area contributed by atoms with Crippen LogP contribution >= 0.6 is 0 Å². The van der Waals surface area contributed by atoms with E-state index >= 15 is 0 Å². The first-order valence-corrected chi connectivity index (χ1v) is 7.64. The van der Waals surface area contributed by atoms with E-state index in [4.69, 9.17) is 5.73 Å². The zero-order valence-electron chi connectivity index (χ0n) is 12.2. The summed E-state index contributed by atoms with van der Waals surface area (Å²) in [5, 5.41) is 3.28. The van der Waals surface area contributed by atoms with E-state index in [-0.39, 0.29) is 10.4 Å². The Morgan fingerprint density at radius 2 is 1.89 bits per heavy atom. The summed E-state index contributed by atoms with van der Waals surface area (Å²) in [4.78, 5) is 0.237. The third kappa shape index (κ3) is 3.61. The van der Waals surface area contributed by atoms with Crippen LogP contribution < -0.4 is 11.1 Å². The Balaban J connectivity index is 3.23. The summed E-state index contributed by atoms with van der Waals surface area (Å²) in [6, 6.07) is 4.72. The van der Waals surface area contributed by atoms with Crippen LogP contribution in [0.3, 0.4) is 0 Å². The summed E-state index contributed by atoms with van der Waals surface area (Å²) < 4.78 is 25.4. The van der Waals surface area contributed by atoms with E-state index in [1.54, 1.807) is 12.1 Å². The summed E-state index contributed by atoms with van der Waals surface area (Å²) in [5.74, 6) is 0. The van der Waals surface area contributed by atoms with Crippen LogP contribution in [0.5, 0.6) is 0 Å². The minimum Gasteiger partial charge on any atom is -0.397 e. The second-order valence-corrected chi connectivity index (χ2v) is 7.55. The van der Waals surface area contributed by atoms with E-state index < -0.39 is 10.0 Å². The van der Waals surface area contributed by atoms with Crippen LogP contribution in [0, 0.1) is 0 Å². The van der Waals surface area contributed by atoms with Gasteiger partial charge < -0.3 is 11.1 Å². The minimum absolute atomic E-state index is 0.144. The standard InChI is InChI=1S/C13H23N3O2S/c1-6-13(2,3)15-12-9-10(7-8-11(12)14)19(17,18)16(4)5/h7-9,15H,6,14H2,1-5H3. The molecule has 1 aromatic rings. The third-order valence-electron chi connectivity index (χ3n) is 3.16. The van der Waals surface area contributed by atoms with Gasteiger partial charge in [-0.1, -0.05) is 6.92 Å².